The maximum atomic E-state index is 13.0. The number of hydrogen-bond acceptors (Lipinski definition) is 7. The van der Waals surface area contributed by atoms with E-state index in [1.54, 1.807) is 27.7 Å². The van der Waals surface area contributed by atoms with Crippen LogP contribution in [-0.4, -0.2) is 37.6 Å². The quantitative estimate of drug-likeness (QED) is 0.591. The summed E-state index contributed by atoms with van der Waals surface area (Å²) < 4.78 is 38.5. The number of aryl methyl sites for hydroxylation is 3. The molecule has 0 aliphatic carbocycles. The van der Waals surface area contributed by atoms with Gasteiger partial charge in [-0.2, -0.15) is 4.72 Å². The van der Waals surface area contributed by atoms with Gasteiger partial charge in [-0.3, -0.25) is 9.59 Å². The molecular formula is C21H29N3O6S. The van der Waals surface area contributed by atoms with E-state index in [-0.39, 0.29) is 17.1 Å². The van der Waals surface area contributed by atoms with Crippen molar-refractivity contribution in [3.63, 3.8) is 0 Å². The van der Waals surface area contributed by atoms with Crippen molar-refractivity contribution in [3.8, 4) is 0 Å². The van der Waals surface area contributed by atoms with E-state index in [0.29, 0.717) is 16.9 Å². The Kier molecular flexibility index (Phi) is 7.61. The summed E-state index contributed by atoms with van der Waals surface area (Å²) in [6.07, 6.45) is -0.912. The summed E-state index contributed by atoms with van der Waals surface area (Å²) in [4.78, 5) is 25.0. The summed E-state index contributed by atoms with van der Waals surface area (Å²) in [6, 6.07) is 2.25. The van der Waals surface area contributed by atoms with Crippen LogP contribution < -0.4 is 10.0 Å². The number of ether oxygens (including phenoxy) is 1. The molecule has 0 bridgehead atoms. The van der Waals surface area contributed by atoms with Gasteiger partial charge in [0.05, 0.1) is 4.90 Å². The van der Waals surface area contributed by atoms with E-state index < -0.39 is 34.0 Å². The molecule has 1 aromatic heterocycles. The zero-order valence-electron chi connectivity index (χ0n) is 18.8. The lowest BCUT2D eigenvalue weighted by atomic mass is 10.0. The number of nitrogens with zero attached hydrogens (tertiary/aromatic N) is 1. The molecule has 0 saturated heterocycles. The molecule has 10 heteroatoms. The van der Waals surface area contributed by atoms with E-state index in [1.165, 1.54) is 13.0 Å². The van der Waals surface area contributed by atoms with Gasteiger partial charge in [-0.15, -0.1) is 0 Å². The van der Waals surface area contributed by atoms with Crippen molar-refractivity contribution >= 4 is 27.7 Å². The highest BCUT2D eigenvalue weighted by Crippen LogP contribution is 2.26. The molecule has 2 N–H and O–H groups in total. The summed E-state index contributed by atoms with van der Waals surface area (Å²) >= 11 is 0. The van der Waals surface area contributed by atoms with E-state index in [0.717, 1.165) is 11.1 Å². The number of nitrogens with one attached hydrogen (secondary N) is 2. The highest BCUT2D eigenvalue weighted by atomic mass is 32.2. The molecule has 0 aliphatic rings. The van der Waals surface area contributed by atoms with Gasteiger partial charge in [-0.05, 0) is 70.2 Å². The van der Waals surface area contributed by atoms with Crippen LogP contribution in [-0.2, 0) is 24.3 Å². The minimum Gasteiger partial charge on any atom is -0.451 e. The highest BCUT2D eigenvalue weighted by molar-refractivity contribution is 7.89. The molecule has 0 radical (unpaired) electrons. The molecular weight excluding hydrogens is 422 g/mol. The second kappa shape index (κ2) is 9.61. The molecule has 1 heterocycles. The Morgan fingerprint density at radius 3 is 2.16 bits per heavy atom. The van der Waals surface area contributed by atoms with Crippen molar-refractivity contribution in [2.24, 2.45) is 0 Å². The molecule has 1 aromatic carbocycles. The minimum absolute atomic E-state index is 0.149. The third-order valence-electron chi connectivity index (χ3n) is 5.05. The predicted octanol–water partition coefficient (Wildman–Crippen LogP) is 2.84. The number of carbonyl (C=O) groups is 2. The summed E-state index contributed by atoms with van der Waals surface area (Å²) in [7, 11) is -3.99. The van der Waals surface area contributed by atoms with Crippen molar-refractivity contribution < 1.29 is 27.3 Å². The first-order valence-electron chi connectivity index (χ1n) is 9.91. The fourth-order valence-electron chi connectivity index (χ4n) is 3.12. The van der Waals surface area contributed by atoms with Crippen molar-refractivity contribution in [1.29, 1.82) is 0 Å². The summed E-state index contributed by atoms with van der Waals surface area (Å²) in [5, 5.41) is 6.16. The van der Waals surface area contributed by atoms with Gasteiger partial charge in [0.1, 0.15) is 11.8 Å². The van der Waals surface area contributed by atoms with Gasteiger partial charge in [-0.1, -0.05) is 18.1 Å². The number of esters is 1. The van der Waals surface area contributed by atoms with Crippen LogP contribution in [0.5, 0.6) is 0 Å². The Bertz CT molecular complexity index is 1060. The van der Waals surface area contributed by atoms with Gasteiger partial charge >= 0.3 is 5.97 Å². The number of hydrogen-bond donors (Lipinski definition) is 2. The van der Waals surface area contributed by atoms with Crippen molar-refractivity contribution in [2.75, 3.05) is 5.32 Å². The van der Waals surface area contributed by atoms with Crippen LogP contribution in [0.4, 0.5) is 5.82 Å². The average molecular weight is 452 g/mol. The molecule has 0 spiro atoms. The normalized spacial score (nSPS) is 13.5. The summed E-state index contributed by atoms with van der Waals surface area (Å²) in [5.74, 6) is -0.728. The molecule has 0 fully saturated rings. The second-order valence-corrected chi connectivity index (χ2v) is 9.23. The average Bonchev–Trinajstić information content (AvgIpc) is 3.08. The number of sulfonamides is 1. The Labute approximate surface area is 182 Å². The van der Waals surface area contributed by atoms with Crippen LogP contribution in [0.3, 0.4) is 0 Å². The third kappa shape index (κ3) is 5.71. The van der Waals surface area contributed by atoms with Crippen LogP contribution in [0.2, 0.25) is 0 Å². The maximum Gasteiger partial charge on any atom is 0.324 e. The van der Waals surface area contributed by atoms with Gasteiger partial charge in [0.15, 0.2) is 11.9 Å². The molecule has 9 nitrogen and oxygen atoms in total. The van der Waals surface area contributed by atoms with Gasteiger partial charge in [0, 0.05) is 6.07 Å². The number of aromatic nitrogens is 1. The molecule has 2 atom stereocenters. The van der Waals surface area contributed by atoms with Crippen LogP contribution in [0, 0.1) is 34.6 Å². The second-order valence-electron chi connectivity index (χ2n) is 7.58. The SMILES string of the molecule is CCC(OC(=O)[C@H](C)NS(=O)(=O)c1c(C)c(C)cc(C)c1C)C(=O)Nc1cc(C)on1. The Balaban J connectivity index is 2.13. The van der Waals surface area contributed by atoms with Gasteiger partial charge in [-0.25, -0.2) is 8.42 Å². The fourth-order valence-corrected chi connectivity index (χ4v) is 4.93. The predicted molar refractivity (Wildman–Crippen MR) is 115 cm³/mol. The molecule has 31 heavy (non-hydrogen) atoms. The first-order chi connectivity index (χ1) is 14.4. The number of carbonyl (C=O) groups excluding carboxylic acids is 2. The monoisotopic (exact) mass is 451 g/mol. The third-order valence-corrected chi connectivity index (χ3v) is 6.87. The van der Waals surface area contributed by atoms with Crippen LogP contribution >= 0.6 is 0 Å². The first-order valence-corrected chi connectivity index (χ1v) is 11.4. The van der Waals surface area contributed by atoms with E-state index in [1.807, 2.05) is 19.9 Å². The molecule has 2 rings (SSSR count). The summed E-state index contributed by atoms with van der Waals surface area (Å²) in [5.41, 5.74) is 2.91. The molecule has 2 aromatic rings. The number of benzene rings is 1. The van der Waals surface area contributed by atoms with Crippen LogP contribution in [0.15, 0.2) is 21.6 Å². The zero-order valence-corrected chi connectivity index (χ0v) is 19.6. The highest BCUT2D eigenvalue weighted by Gasteiger charge is 2.30. The van der Waals surface area contributed by atoms with E-state index in [4.69, 9.17) is 9.26 Å². The molecule has 0 saturated carbocycles. The topological polar surface area (TPSA) is 128 Å². The zero-order chi connectivity index (χ0) is 23.5. The Hall–Kier alpha value is -2.72. The van der Waals surface area contributed by atoms with E-state index >= 15 is 0 Å². The smallest absolute Gasteiger partial charge is 0.324 e. The van der Waals surface area contributed by atoms with Crippen molar-refractivity contribution in [2.45, 2.75) is 71.9 Å². The fraction of sp³-hybridized carbons (Fsp3) is 0.476. The molecule has 1 amide bonds. The van der Waals surface area contributed by atoms with Gasteiger partial charge < -0.3 is 14.6 Å². The lowest BCUT2D eigenvalue weighted by molar-refractivity contribution is -0.155. The van der Waals surface area contributed by atoms with Gasteiger partial charge in [0.25, 0.3) is 5.91 Å². The standard InChI is InChI=1S/C21H29N3O6S/c1-8-17(20(25)22-18-10-13(4)30-23-18)29-21(26)16(7)24-31(27,28)19-14(5)11(2)9-12(3)15(19)6/h9-10,16-17,24H,8H2,1-7H3,(H,22,23,25)/t16-,17?/m0/s1. The number of anilines is 1. The lowest BCUT2D eigenvalue weighted by Gasteiger charge is -2.21. The number of rotatable bonds is 8. The van der Waals surface area contributed by atoms with E-state index in [9.17, 15) is 18.0 Å². The summed E-state index contributed by atoms with van der Waals surface area (Å²) in [6.45, 7) is 11.8. The van der Waals surface area contributed by atoms with Crippen molar-refractivity contribution in [1.82, 2.24) is 9.88 Å². The van der Waals surface area contributed by atoms with E-state index in [2.05, 4.69) is 15.2 Å². The van der Waals surface area contributed by atoms with Gasteiger partial charge in [0.2, 0.25) is 10.0 Å². The van der Waals surface area contributed by atoms with Crippen LogP contribution in [0.25, 0.3) is 0 Å². The molecule has 0 aliphatic heterocycles. The maximum absolute atomic E-state index is 13.0. The molecule has 1 unspecified atom stereocenters. The largest absolute Gasteiger partial charge is 0.451 e. The number of amides is 1. The Morgan fingerprint density at radius 1 is 1.10 bits per heavy atom. The van der Waals surface area contributed by atoms with Crippen LogP contribution in [0.1, 0.15) is 48.3 Å². The first kappa shape index (κ1) is 24.5. The minimum atomic E-state index is -3.99. The molecule has 170 valence electrons. The van der Waals surface area contributed by atoms with Crippen molar-refractivity contribution in [3.05, 3.63) is 40.1 Å². The lowest BCUT2D eigenvalue weighted by Crippen LogP contribution is -2.43. The Morgan fingerprint density at radius 2 is 1.68 bits per heavy atom.